The normalized spacial score (nSPS) is 17.9. The highest BCUT2D eigenvalue weighted by atomic mass is 35.5. The summed E-state index contributed by atoms with van der Waals surface area (Å²) < 4.78 is 13.4. The molecule has 10 heteroatoms. The van der Waals surface area contributed by atoms with Crippen LogP contribution in [-0.4, -0.2) is 51.4 Å². The van der Waals surface area contributed by atoms with Crippen LogP contribution in [0.2, 0.25) is 10.0 Å². The Labute approximate surface area is 224 Å². The molecule has 8 nitrogen and oxygen atoms in total. The van der Waals surface area contributed by atoms with Crippen LogP contribution in [0.5, 0.6) is 11.5 Å². The van der Waals surface area contributed by atoms with E-state index in [0.29, 0.717) is 50.5 Å². The second kappa shape index (κ2) is 8.96. The van der Waals surface area contributed by atoms with Gasteiger partial charge >= 0.3 is 5.97 Å². The third-order valence-corrected chi connectivity index (χ3v) is 7.49. The lowest BCUT2D eigenvalue weighted by atomic mass is 9.96. The average molecular weight is 544 g/mol. The van der Waals surface area contributed by atoms with Crippen LogP contribution in [-0.2, 0) is 11.4 Å². The molecule has 1 amide bonds. The Hall–Kier alpha value is -3.23. The largest absolute Gasteiger partial charge is 0.496 e. The molecule has 2 atom stereocenters. The van der Waals surface area contributed by atoms with Crippen LogP contribution in [0.4, 0.5) is 0 Å². The maximum absolute atomic E-state index is 13.6. The minimum atomic E-state index is -0.835. The summed E-state index contributed by atoms with van der Waals surface area (Å²) in [5.74, 6) is -0.601. The zero-order chi connectivity index (χ0) is 26.8. The van der Waals surface area contributed by atoms with Crippen molar-refractivity contribution in [2.45, 2.75) is 45.3 Å². The molecule has 194 valence electrons. The Morgan fingerprint density at radius 1 is 1.16 bits per heavy atom. The zero-order valence-corrected chi connectivity index (χ0v) is 22.6. The summed E-state index contributed by atoms with van der Waals surface area (Å²) in [7, 11) is 3.29. The van der Waals surface area contributed by atoms with Gasteiger partial charge in [0.25, 0.3) is 5.91 Å². The summed E-state index contributed by atoms with van der Waals surface area (Å²) in [5, 5.41) is 15.1. The molecule has 37 heavy (non-hydrogen) atoms. The molecule has 2 aliphatic rings. The monoisotopic (exact) mass is 543 g/mol. The van der Waals surface area contributed by atoms with Crippen molar-refractivity contribution < 1.29 is 24.2 Å². The number of aromatic nitrogens is 2. The van der Waals surface area contributed by atoms with Gasteiger partial charge in [0.2, 0.25) is 0 Å². The molecule has 1 aliphatic carbocycles. The van der Waals surface area contributed by atoms with Gasteiger partial charge in [0.15, 0.2) is 5.69 Å². The molecule has 0 unspecified atom stereocenters. The van der Waals surface area contributed by atoms with E-state index in [1.165, 1.54) is 0 Å². The number of fused-ring (bicyclic) bond motifs is 3. The highest BCUT2D eigenvalue weighted by Gasteiger charge is 2.46. The van der Waals surface area contributed by atoms with Crippen molar-refractivity contribution in [2.24, 2.45) is 5.92 Å². The van der Waals surface area contributed by atoms with E-state index in [-0.39, 0.29) is 24.1 Å². The Morgan fingerprint density at radius 3 is 2.41 bits per heavy atom. The van der Waals surface area contributed by atoms with Crippen molar-refractivity contribution in [2.75, 3.05) is 14.2 Å². The first-order valence-corrected chi connectivity index (χ1v) is 12.6. The fourth-order valence-corrected chi connectivity index (χ4v) is 5.17. The summed E-state index contributed by atoms with van der Waals surface area (Å²) in [6, 6.07) is 8.75. The van der Waals surface area contributed by atoms with Gasteiger partial charge in [-0.05, 0) is 57.0 Å². The Balaban J connectivity index is 1.74. The van der Waals surface area contributed by atoms with Crippen LogP contribution in [0.1, 0.15) is 54.7 Å². The number of nitrogens with zero attached hydrogens (tertiary/aromatic N) is 3. The Bertz CT molecular complexity index is 1420. The number of methoxy groups -OCH3 is 1. The highest BCUT2D eigenvalue weighted by Crippen LogP contribution is 2.54. The van der Waals surface area contributed by atoms with E-state index in [2.05, 4.69) is 0 Å². The summed E-state index contributed by atoms with van der Waals surface area (Å²) in [5.41, 5.74) is 3.19. The molecule has 5 rings (SSSR count). The van der Waals surface area contributed by atoms with Crippen LogP contribution in [0, 0.1) is 5.92 Å². The molecular formula is C27H27Cl2N3O5. The first-order valence-electron chi connectivity index (χ1n) is 11.8. The van der Waals surface area contributed by atoms with Gasteiger partial charge in [-0.2, -0.15) is 5.10 Å². The lowest BCUT2D eigenvalue weighted by Gasteiger charge is -2.31. The Kier molecular flexibility index (Phi) is 6.15. The quantitative estimate of drug-likeness (QED) is 0.436. The van der Waals surface area contributed by atoms with Gasteiger partial charge in [0, 0.05) is 45.7 Å². The smallest absolute Gasteiger partial charge is 0.307 e. The Morgan fingerprint density at radius 2 is 1.84 bits per heavy atom. The number of carboxylic acid groups (broad SMARTS) is 1. The van der Waals surface area contributed by atoms with Crippen LogP contribution in [0.3, 0.4) is 0 Å². The molecule has 3 aromatic rings. The standard InChI is InChI=1S/C27H27Cl2N3O5/c1-27(2,3)31(4)25(33)23-20-12-37-22-11-21(36-5)17(16-9-18(16)26(34)35)10-19(22)24(20)32(30-23)15-7-13(28)6-14(29)8-15/h6-8,10-11,16,18H,9,12H2,1-5H3,(H,34,35)/t16-,18+/m0/s1. The van der Waals surface area contributed by atoms with Gasteiger partial charge in [0.1, 0.15) is 18.1 Å². The molecule has 0 bridgehead atoms. The fourth-order valence-electron chi connectivity index (χ4n) is 4.66. The number of rotatable bonds is 5. The lowest BCUT2D eigenvalue weighted by molar-refractivity contribution is -0.138. The molecule has 0 spiro atoms. The lowest BCUT2D eigenvalue weighted by Crippen LogP contribution is -2.43. The number of benzene rings is 2. The first-order chi connectivity index (χ1) is 17.4. The van der Waals surface area contributed by atoms with E-state index in [1.54, 1.807) is 48.0 Å². The molecule has 0 saturated heterocycles. The average Bonchev–Trinajstić information content (AvgIpc) is 3.54. The number of carbonyl (C=O) groups is 2. The van der Waals surface area contributed by atoms with Crippen molar-refractivity contribution in [3.63, 3.8) is 0 Å². The SMILES string of the molecule is COc1cc2c(cc1[C@@H]1C[C@H]1C(=O)O)-c1c(c(C(=O)N(C)C(C)(C)C)nn1-c1cc(Cl)cc(Cl)c1)CO2. The maximum atomic E-state index is 13.6. The fraction of sp³-hybridized carbons (Fsp3) is 0.370. The molecule has 1 saturated carbocycles. The summed E-state index contributed by atoms with van der Waals surface area (Å²) in [6.07, 6.45) is 0.529. The van der Waals surface area contributed by atoms with Gasteiger partial charge < -0.3 is 19.5 Å². The second-order valence-electron chi connectivity index (χ2n) is 10.4. The molecule has 1 fully saturated rings. The van der Waals surface area contributed by atoms with Gasteiger partial charge in [-0.1, -0.05) is 23.2 Å². The van der Waals surface area contributed by atoms with Gasteiger partial charge in [-0.3, -0.25) is 9.59 Å². The van der Waals surface area contributed by atoms with E-state index in [9.17, 15) is 14.7 Å². The van der Waals surface area contributed by atoms with Crippen LogP contribution in [0.25, 0.3) is 16.9 Å². The number of carbonyl (C=O) groups excluding carboxylic acids is 1. The second-order valence-corrected chi connectivity index (χ2v) is 11.3. The zero-order valence-electron chi connectivity index (χ0n) is 21.1. The summed E-state index contributed by atoms with van der Waals surface area (Å²) in [4.78, 5) is 26.9. The van der Waals surface area contributed by atoms with E-state index in [4.69, 9.17) is 37.8 Å². The van der Waals surface area contributed by atoms with Gasteiger partial charge in [0.05, 0.1) is 24.4 Å². The number of halogens is 2. The number of ether oxygens (including phenoxy) is 2. The van der Waals surface area contributed by atoms with Crippen molar-refractivity contribution in [1.82, 2.24) is 14.7 Å². The molecule has 1 aromatic heterocycles. The molecule has 0 radical (unpaired) electrons. The maximum Gasteiger partial charge on any atom is 0.307 e. The molecule has 2 heterocycles. The van der Waals surface area contributed by atoms with E-state index in [0.717, 1.165) is 5.56 Å². The number of hydrogen-bond acceptors (Lipinski definition) is 5. The predicted octanol–water partition coefficient (Wildman–Crippen LogP) is 5.81. The minimum Gasteiger partial charge on any atom is -0.496 e. The number of hydrogen-bond donors (Lipinski definition) is 1. The van der Waals surface area contributed by atoms with Gasteiger partial charge in [-0.15, -0.1) is 0 Å². The van der Waals surface area contributed by atoms with Crippen LogP contribution < -0.4 is 9.47 Å². The van der Waals surface area contributed by atoms with Gasteiger partial charge in [-0.25, -0.2) is 4.68 Å². The van der Waals surface area contributed by atoms with E-state index < -0.39 is 17.4 Å². The van der Waals surface area contributed by atoms with E-state index in [1.807, 2.05) is 26.8 Å². The van der Waals surface area contributed by atoms with Crippen LogP contribution in [0.15, 0.2) is 30.3 Å². The van der Waals surface area contributed by atoms with Crippen molar-refractivity contribution in [3.05, 3.63) is 57.2 Å². The highest BCUT2D eigenvalue weighted by molar-refractivity contribution is 6.34. The topological polar surface area (TPSA) is 93.9 Å². The molecule has 1 N–H and O–H groups in total. The summed E-state index contributed by atoms with van der Waals surface area (Å²) >= 11 is 12.7. The van der Waals surface area contributed by atoms with E-state index >= 15 is 0 Å². The van der Waals surface area contributed by atoms with Crippen LogP contribution >= 0.6 is 23.2 Å². The number of aliphatic carboxylic acids is 1. The van der Waals surface area contributed by atoms with Crippen molar-refractivity contribution in [3.8, 4) is 28.4 Å². The molecule has 2 aromatic carbocycles. The third-order valence-electron chi connectivity index (χ3n) is 7.05. The molecular weight excluding hydrogens is 517 g/mol. The first kappa shape index (κ1) is 25.4. The molecule has 1 aliphatic heterocycles. The third kappa shape index (κ3) is 4.42. The summed E-state index contributed by atoms with van der Waals surface area (Å²) in [6.45, 7) is 5.97. The van der Waals surface area contributed by atoms with Crippen molar-refractivity contribution >= 4 is 35.1 Å². The predicted molar refractivity (Wildman–Crippen MR) is 140 cm³/mol. The van der Waals surface area contributed by atoms with Crippen molar-refractivity contribution in [1.29, 1.82) is 0 Å². The minimum absolute atomic E-state index is 0.124. The number of amides is 1. The number of carboxylic acids is 1.